The summed E-state index contributed by atoms with van der Waals surface area (Å²) in [5, 5.41) is 12.1. The number of amides is 1. The molecule has 0 radical (unpaired) electrons. The lowest BCUT2D eigenvalue weighted by atomic mass is 9.87. The third-order valence-electron chi connectivity index (χ3n) is 3.91. The van der Waals surface area contributed by atoms with E-state index < -0.39 is 5.41 Å². The molecule has 0 saturated heterocycles. The van der Waals surface area contributed by atoms with Crippen molar-refractivity contribution in [3.05, 3.63) is 0 Å². The number of carbonyl (C=O) groups excluding carboxylic acids is 1. The maximum Gasteiger partial charge on any atom is 0.240 e. The van der Waals surface area contributed by atoms with Gasteiger partial charge in [-0.3, -0.25) is 4.79 Å². The number of nitriles is 1. The van der Waals surface area contributed by atoms with E-state index >= 15 is 0 Å². The third kappa shape index (κ3) is 1.99. The fourth-order valence-electron chi connectivity index (χ4n) is 2.44. The quantitative estimate of drug-likeness (QED) is 0.766. The second-order valence-electron chi connectivity index (χ2n) is 5.08. The fourth-order valence-corrected chi connectivity index (χ4v) is 2.44. The van der Waals surface area contributed by atoms with Gasteiger partial charge >= 0.3 is 0 Å². The maximum absolute atomic E-state index is 11.9. The van der Waals surface area contributed by atoms with Crippen LogP contribution in [0.2, 0.25) is 0 Å². The highest BCUT2D eigenvalue weighted by molar-refractivity contribution is 5.85. The Balaban J connectivity index is 1.86. The molecule has 0 aromatic rings. The fraction of sp³-hybridized carbons (Fsp3) is 0.833. The molecular formula is C12H18N2O. The van der Waals surface area contributed by atoms with Gasteiger partial charge in [-0.15, -0.1) is 0 Å². The number of hydrogen-bond donors (Lipinski definition) is 1. The van der Waals surface area contributed by atoms with E-state index in [1.807, 2.05) is 0 Å². The van der Waals surface area contributed by atoms with Gasteiger partial charge in [0.2, 0.25) is 5.91 Å². The molecule has 0 bridgehead atoms. The van der Waals surface area contributed by atoms with Crippen LogP contribution >= 0.6 is 0 Å². The second-order valence-corrected chi connectivity index (χ2v) is 5.08. The maximum atomic E-state index is 11.9. The zero-order valence-electron chi connectivity index (χ0n) is 9.25. The van der Waals surface area contributed by atoms with Gasteiger partial charge in [0.05, 0.1) is 6.07 Å². The molecule has 1 N–H and O–H groups in total. The lowest BCUT2D eigenvalue weighted by Crippen LogP contribution is -2.39. The molecule has 0 spiro atoms. The Morgan fingerprint density at radius 2 is 2.13 bits per heavy atom. The summed E-state index contributed by atoms with van der Waals surface area (Å²) in [5.74, 6) is 1.39. The summed E-state index contributed by atoms with van der Waals surface area (Å²) >= 11 is 0. The van der Waals surface area contributed by atoms with Crippen LogP contribution in [0, 0.1) is 28.6 Å². The SMILES string of the molecule is CC1CC1CNC(=O)C1(C#N)CCCC1. The van der Waals surface area contributed by atoms with Crippen molar-refractivity contribution >= 4 is 5.91 Å². The molecule has 1 amide bonds. The Labute approximate surface area is 90.8 Å². The average Bonchev–Trinajstić information content (AvgIpc) is 2.78. The van der Waals surface area contributed by atoms with E-state index in [1.54, 1.807) is 0 Å². The zero-order valence-corrected chi connectivity index (χ0v) is 9.25. The Hall–Kier alpha value is -1.04. The van der Waals surface area contributed by atoms with Crippen LogP contribution in [0.15, 0.2) is 0 Å². The van der Waals surface area contributed by atoms with Crippen molar-refractivity contribution in [3.63, 3.8) is 0 Å². The van der Waals surface area contributed by atoms with Crippen LogP contribution in [-0.4, -0.2) is 12.5 Å². The van der Waals surface area contributed by atoms with Gasteiger partial charge in [-0.05, 0) is 31.1 Å². The zero-order chi connectivity index (χ0) is 10.9. The van der Waals surface area contributed by atoms with E-state index in [9.17, 15) is 4.79 Å². The van der Waals surface area contributed by atoms with Crippen LogP contribution in [0.4, 0.5) is 0 Å². The average molecular weight is 206 g/mol. The largest absolute Gasteiger partial charge is 0.354 e. The van der Waals surface area contributed by atoms with Gasteiger partial charge < -0.3 is 5.32 Å². The van der Waals surface area contributed by atoms with Crippen LogP contribution in [0.3, 0.4) is 0 Å². The minimum atomic E-state index is -0.696. The molecule has 82 valence electrons. The molecule has 3 nitrogen and oxygen atoms in total. The van der Waals surface area contributed by atoms with E-state index in [1.165, 1.54) is 6.42 Å². The molecule has 0 aliphatic heterocycles. The number of nitrogens with one attached hydrogen (secondary N) is 1. The monoisotopic (exact) mass is 206 g/mol. The van der Waals surface area contributed by atoms with Crippen molar-refractivity contribution in [2.45, 2.75) is 39.0 Å². The topological polar surface area (TPSA) is 52.9 Å². The molecule has 2 unspecified atom stereocenters. The summed E-state index contributed by atoms with van der Waals surface area (Å²) in [5.41, 5.74) is -0.696. The number of rotatable bonds is 3. The summed E-state index contributed by atoms with van der Waals surface area (Å²) in [4.78, 5) is 11.9. The first kappa shape index (κ1) is 10.5. The van der Waals surface area contributed by atoms with Gasteiger partial charge in [0.1, 0.15) is 5.41 Å². The van der Waals surface area contributed by atoms with Crippen molar-refractivity contribution in [3.8, 4) is 6.07 Å². The molecule has 2 saturated carbocycles. The van der Waals surface area contributed by atoms with Crippen molar-refractivity contribution < 1.29 is 4.79 Å². The number of hydrogen-bond acceptors (Lipinski definition) is 2. The summed E-state index contributed by atoms with van der Waals surface area (Å²) in [6.07, 6.45) is 4.74. The molecule has 2 fully saturated rings. The molecule has 2 aliphatic carbocycles. The Bertz CT molecular complexity index is 299. The highest BCUT2D eigenvalue weighted by atomic mass is 16.2. The van der Waals surface area contributed by atoms with Gasteiger partial charge in [0, 0.05) is 6.54 Å². The van der Waals surface area contributed by atoms with E-state index in [-0.39, 0.29) is 5.91 Å². The van der Waals surface area contributed by atoms with Crippen LogP contribution in [0.1, 0.15) is 39.0 Å². The normalized spacial score (nSPS) is 32.0. The van der Waals surface area contributed by atoms with Gasteiger partial charge in [-0.2, -0.15) is 5.26 Å². The van der Waals surface area contributed by atoms with Crippen molar-refractivity contribution in [2.24, 2.45) is 17.3 Å². The van der Waals surface area contributed by atoms with Crippen molar-refractivity contribution in [1.29, 1.82) is 5.26 Å². The van der Waals surface area contributed by atoms with Crippen LogP contribution in [0.5, 0.6) is 0 Å². The van der Waals surface area contributed by atoms with E-state index in [2.05, 4.69) is 18.3 Å². The molecule has 0 heterocycles. The first-order valence-electron chi connectivity index (χ1n) is 5.87. The molecule has 2 atom stereocenters. The number of carbonyl (C=O) groups is 1. The first-order valence-corrected chi connectivity index (χ1v) is 5.87. The predicted octanol–water partition coefficient (Wildman–Crippen LogP) is 1.84. The van der Waals surface area contributed by atoms with Crippen LogP contribution < -0.4 is 5.32 Å². The second kappa shape index (κ2) is 3.84. The highest BCUT2D eigenvalue weighted by Crippen LogP contribution is 2.39. The minimum absolute atomic E-state index is 0.0263. The first-order chi connectivity index (χ1) is 7.18. The number of nitrogens with zero attached hydrogens (tertiary/aromatic N) is 1. The Morgan fingerprint density at radius 1 is 1.53 bits per heavy atom. The minimum Gasteiger partial charge on any atom is -0.354 e. The molecular weight excluding hydrogens is 188 g/mol. The molecule has 2 aliphatic rings. The molecule has 0 aromatic carbocycles. The van der Waals surface area contributed by atoms with Crippen molar-refractivity contribution in [2.75, 3.05) is 6.54 Å². The smallest absolute Gasteiger partial charge is 0.240 e. The van der Waals surface area contributed by atoms with Crippen LogP contribution in [0.25, 0.3) is 0 Å². The Morgan fingerprint density at radius 3 is 2.60 bits per heavy atom. The summed E-state index contributed by atoms with van der Waals surface area (Å²) in [7, 11) is 0. The van der Waals surface area contributed by atoms with E-state index in [0.29, 0.717) is 5.92 Å². The molecule has 3 heteroatoms. The predicted molar refractivity (Wildman–Crippen MR) is 56.8 cm³/mol. The third-order valence-corrected chi connectivity index (χ3v) is 3.91. The standard InChI is InChI=1S/C12H18N2O/c1-9-6-10(9)7-14-11(15)12(8-13)4-2-3-5-12/h9-10H,2-7H2,1H3,(H,14,15). The van der Waals surface area contributed by atoms with Crippen LogP contribution in [-0.2, 0) is 4.79 Å². The van der Waals surface area contributed by atoms with Gasteiger partial charge in [-0.1, -0.05) is 19.8 Å². The Kier molecular flexibility index (Phi) is 2.68. The molecule has 0 aromatic heterocycles. The van der Waals surface area contributed by atoms with Gasteiger partial charge in [-0.25, -0.2) is 0 Å². The summed E-state index contributed by atoms with van der Waals surface area (Å²) in [6, 6.07) is 2.22. The lowest BCUT2D eigenvalue weighted by molar-refractivity contribution is -0.128. The lowest BCUT2D eigenvalue weighted by Gasteiger charge is -2.19. The summed E-state index contributed by atoms with van der Waals surface area (Å²) in [6.45, 7) is 2.97. The molecule has 2 rings (SSSR count). The van der Waals surface area contributed by atoms with E-state index in [4.69, 9.17) is 5.26 Å². The summed E-state index contributed by atoms with van der Waals surface area (Å²) < 4.78 is 0. The highest BCUT2D eigenvalue weighted by Gasteiger charge is 2.42. The van der Waals surface area contributed by atoms with E-state index in [0.717, 1.165) is 38.1 Å². The van der Waals surface area contributed by atoms with Crippen molar-refractivity contribution in [1.82, 2.24) is 5.32 Å². The molecule has 15 heavy (non-hydrogen) atoms. The van der Waals surface area contributed by atoms with Gasteiger partial charge in [0.25, 0.3) is 0 Å². The van der Waals surface area contributed by atoms with Gasteiger partial charge in [0.15, 0.2) is 0 Å².